The van der Waals surface area contributed by atoms with E-state index in [4.69, 9.17) is 0 Å². The Labute approximate surface area is 87.0 Å². The van der Waals surface area contributed by atoms with Gasteiger partial charge in [0.1, 0.15) is 0 Å². The van der Waals surface area contributed by atoms with Gasteiger partial charge in [0.15, 0.2) is 0 Å². The van der Waals surface area contributed by atoms with Crippen LogP contribution < -0.4 is 5.32 Å². The Balaban J connectivity index is 1.60. The molecule has 3 rings (SSSR count). The van der Waals surface area contributed by atoms with Gasteiger partial charge in [-0.3, -0.25) is 0 Å². The summed E-state index contributed by atoms with van der Waals surface area (Å²) < 4.78 is 0. The molecular formula is C12H22N2. The molecule has 14 heavy (non-hydrogen) atoms. The van der Waals surface area contributed by atoms with Gasteiger partial charge in [0, 0.05) is 12.1 Å². The smallest absolute Gasteiger partial charge is 0.00984 e. The predicted molar refractivity (Wildman–Crippen MR) is 58.3 cm³/mol. The molecule has 0 radical (unpaired) electrons. The number of hydrogen-bond donors (Lipinski definition) is 1. The van der Waals surface area contributed by atoms with E-state index >= 15 is 0 Å². The van der Waals surface area contributed by atoms with Gasteiger partial charge in [0.05, 0.1) is 0 Å². The number of rotatable bonds is 2. The quantitative estimate of drug-likeness (QED) is 0.716. The first-order valence-corrected chi connectivity index (χ1v) is 6.27. The van der Waals surface area contributed by atoms with Crippen LogP contribution in [0.25, 0.3) is 0 Å². The fraction of sp³-hybridized carbons (Fsp3) is 1.00. The van der Waals surface area contributed by atoms with E-state index in [1.165, 1.54) is 45.2 Å². The molecule has 1 aliphatic heterocycles. The SMILES string of the molecule is CN(C1CC1)C1CCC2CNCC2C1. The van der Waals surface area contributed by atoms with E-state index in [1.54, 1.807) is 0 Å². The topological polar surface area (TPSA) is 15.3 Å². The summed E-state index contributed by atoms with van der Waals surface area (Å²) in [6, 6.07) is 1.86. The molecule has 3 fully saturated rings. The summed E-state index contributed by atoms with van der Waals surface area (Å²) in [5.41, 5.74) is 0. The molecule has 0 aromatic carbocycles. The second-order valence-electron chi connectivity index (χ2n) is 5.54. The number of fused-ring (bicyclic) bond motifs is 1. The summed E-state index contributed by atoms with van der Waals surface area (Å²) in [7, 11) is 2.35. The molecule has 3 unspecified atom stereocenters. The first kappa shape index (κ1) is 9.17. The number of nitrogens with one attached hydrogen (secondary N) is 1. The highest BCUT2D eigenvalue weighted by atomic mass is 15.2. The van der Waals surface area contributed by atoms with Crippen LogP contribution in [0.3, 0.4) is 0 Å². The summed E-state index contributed by atoms with van der Waals surface area (Å²) in [5.74, 6) is 2.01. The Kier molecular flexibility index (Phi) is 2.29. The van der Waals surface area contributed by atoms with Crippen molar-refractivity contribution in [3.8, 4) is 0 Å². The maximum atomic E-state index is 3.55. The van der Waals surface area contributed by atoms with Gasteiger partial charge in [-0.1, -0.05) is 0 Å². The average Bonchev–Trinajstić information content (AvgIpc) is 2.95. The van der Waals surface area contributed by atoms with Crippen molar-refractivity contribution < 1.29 is 0 Å². The van der Waals surface area contributed by atoms with E-state index < -0.39 is 0 Å². The van der Waals surface area contributed by atoms with Gasteiger partial charge in [0.2, 0.25) is 0 Å². The van der Waals surface area contributed by atoms with Crippen molar-refractivity contribution in [2.45, 2.75) is 44.2 Å². The van der Waals surface area contributed by atoms with E-state index in [2.05, 4.69) is 17.3 Å². The van der Waals surface area contributed by atoms with E-state index in [0.29, 0.717) is 0 Å². The lowest BCUT2D eigenvalue weighted by Gasteiger charge is -2.36. The molecule has 0 aromatic heterocycles. The Morgan fingerprint density at radius 1 is 0.929 bits per heavy atom. The van der Waals surface area contributed by atoms with Gasteiger partial charge < -0.3 is 10.2 Å². The molecule has 0 aromatic rings. The third-order valence-electron chi connectivity index (χ3n) is 4.62. The largest absolute Gasteiger partial charge is 0.316 e. The molecule has 3 atom stereocenters. The second kappa shape index (κ2) is 3.49. The van der Waals surface area contributed by atoms with Gasteiger partial charge >= 0.3 is 0 Å². The van der Waals surface area contributed by atoms with Crippen molar-refractivity contribution in [3.63, 3.8) is 0 Å². The van der Waals surface area contributed by atoms with Gasteiger partial charge in [-0.15, -0.1) is 0 Å². The Morgan fingerprint density at radius 2 is 1.64 bits per heavy atom. The third-order valence-corrected chi connectivity index (χ3v) is 4.62. The zero-order valence-corrected chi connectivity index (χ0v) is 9.21. The third kappa shape index (κ3) is 1.59. The molecule has 2 nitrogen and oxygen atoms in total. The molecule has 0 amide bonds. The predicted octanol–water partition coefficient (Wildman–Crippen LogP) is 1.47. The van der Waals surface area contributed by atoms with Gasteiger partial charge in [-0.2, -0.15) is 0 Å². The Hall–Kier alpha value is -0.0800. The molecule has 2 heteroatoms. The monoisotopic (exact) mass is 194 g/mol. The summed E-state index contributed by atoms with van der Waals surface area (Å²) in [6.45, 7) is 2.59. The highest BCUT2D eigenvalue weighted by Gasteiger charge is 2.38. The summed E-state index contributed by atoms with van der Waals surface area (Å²) in [6.07, 6.45) is 7.30. The van der Waals surface area contributed by atoms with Crippen molar-refractivity contribution >= 4 is 0 Å². The van der Waals surface area contributed by atoms with Gasteiger partial charge in [-0.05, 0) is 64.1 Å². The van der Waals surface area contributed by atoms with Crippen molar-refractivity contribution in [2.75, 3.05) is 20.1 Å². The van der Waals surface area contributed by atoms with Gasteiger partial charge in [0.25, 0.3) is 0 Å². The minimum absolute atomic E-state index is 0.906. The van der Waals surface area contributed by atoms with Crippen LogP contribution in [0.1, 0.15) is 32.1 Å². The fourth-order valence-corrected chi connectivity index (χ4v) is 3.42. The van der Waals surface area contributed by atoms with Crippen molar-refractivity contribution in [1.82, 2.24) is 10.2 Å². The molecule has 0 spiro atoms. The molecule has 2 aliphatic carbocycles. The van der Waals surface area contributed by atoms with Crippen LogP contribution in [0.4, 0.5) is 0 Å². The molecule has 2 saturated carbocycles. The maximum absolute atomic E-state index is 3.55. The molecule has 1 heterocycles. The normalized spacial score (nSPS) is 42.9. The molecule has 1 N–H and O–H groups in total. The van der Waals surface area contributed by atoms with E-state index in [-0.39, 0.29) is 0 Å². The minimum Gasteiger partial charge on any atom is -0.316 e. The molecule has 80 valence electrons. The molecule has 3 aliphatic rings. The number of hydrogen-bond acceptors (Lipinski definition) is 2. The lowest BCUT2D eigenvalue weighted by Crippen LogP contribution is -2.39. The van der Waals surface area contributed by atoms with Crippen LogP contribution in [0, 0.1) is 11.8 Å². The van der Waals surface area contributed by atoms with Crippen LogP contribution >= 0.6 is 0 Å². The second-order valence-corrected chi connectivity index (χ2v) is 5.54. The number of nitrogens with zero attached hydrogens (tertiary/aromatic N) is 1. The van der Waals surface area contributed by atoms with Crippen molar-refractivity contribution in [3.05, 3.63) is 0 Å². The van der Waals surface area contributed by atoms with Crippen LogP contribution in [0.5, 0.6) is 0 Å². The molecular weight excluding hydrogens is 172 g/mol. The zero-order valence-electron chi connectivity index (χ0n) is 9.21. The standard InChI is InChI=1S/C12H22N2/c1-14(11-4-5-11)12-3-2-9-7-13-8-10(9)6-12/h9-13H,2-8H2,1H3. The van der Waals surface area contributed by atoms with E-state index in [0.717, 1.165) is 23.9 Å². The van der Waals surface area contributed by atoms with Crippen molar-refractivity contribution in [2.24, 2.45) is 11.8 Å². The first-order chi connectivity index (χ1) is 6.84. The lowest BCUT2D eigenvalue weighted by atomic mass is 9.78. The van der Waals surface area contributed by atoms with E-state index in [1.807, 2.05) is 0 Å². The van der Waals surface area contributed by atoms with Gasteiger partial charge in [-0.25, -0.2) is 0 Å². The van der Waals surface area contributed by atoms with Crippen LogP contribution in [-0.4, -0.2) is 37.1 Å². The van der Waals surface area contributed by atoms with Crippen LogP contribution in [0.2, 0.25) is 0 Å². The van der Waals surface area contributed by atoms with E-state index in [9.17, 15) is 0 Å². The fourth-order valence-electron chi connectivity index (χ4n) is 3.42. The molecule has 0 bridgehead atoms. The van der Waals surface area contributed by atoms with Crippen LogP contribution in [0.15, 0.2) is 0 Å². The van der Waals surface area contributed by atoms with Crippen LogP contribution in [-0.2, 0) is 0 Å². The summed E-state index contributed by atoms with van der Waals surface area (Å²) in [5, 5.41) is 3.55. The Morgan fingerprint density at radius 3 is 2.43 bits per heavy atom. The summed E-state index contributed by atoms with van der Waals surface area (Å²) in [4.78, 5) is 2.68. The first-order valence-electron chi connectivity index (χ1n) is 6.27. The lowest BCUT2D eigenvalue weighted by molar-refractivity contribution is 0.133. The molecule has 1 saturated heterocycles. The maximum Gasteiger partial charge on any atom is 0.00984 e. The highest BCUT2D eigenvalue weighted by molar-refractivity contribution is 4.94. The van der Waals surface area contributed by atoms with Crippen molar-refractivity contribution in [1.29, 1.82) is 0 Å². The minimum atomic E-state index is 0.906. The average molecular weight is 194 g/mol. The Bertz CT molecular complexity index is 212. The summed E-state index contributed by atoms with van der Waals surface area (Å²) >= 11 is 0. The zero-order chi connectivity index (χ0) is 9.54. The highest BCUT2D eigenvalue weighted by Crippen LogP contribution is 2.37.